The Hall–Kier alpha value is -2.82. The van der Waals surface area contributed by atoms with Gasteiger partial charge in [-0.1, -0.05) is 48.0 Å². The molecule has 152 valence electrons. The molecule has 0 amide bonds. The van der Waals surface area contributed by atoms with Gasteiger partial charge in [-0.3, -0.25) is 0 Å². The first-order valence-electron chi connectivity index (χ1n) is 10.4. The highest BCUT2D eigenvalue weighted by Crippen LogP contribution is 2.43. The highest BCUT2D eigenvalue weighted by atomic mass is 35.5. The number of anilines is 1. The fourth-order valence-electron chi connectivity index (χ4n) is 4.51. The molecule has 5 heteroatoms. The third kappa shape index (κ3) is 3.17. The number of pyridine rings is 1. The Morgan fingerprint density at radius 2 is 1.70 bits per heavy atom. The van der Waals surface area contributed by atoms with Crippen molar-refractivity contribution in [2.45, 2.75) is 6.92 Å². The maximum atomic E-state index is 6.70. The van der Waals surface area contributed by atoms with Crippen molar-refractivity contribution in [3.8, 4) is 22.4 Å². The number of rotatable bonds is 3. The molecule has 4 aromatic rings. The van der Waals surface area contributed by atoms with Crippen LogP contribution in [-0.2, 0) is 7.05 Å². The summed E-state index contributed by atoms with van der Waals surface area (Å²) in [7, 11) is 2.08. The van der Waals surface area contributed by atoms with Crippen LogP contribution in [0.3, 0.4) is 0 Å². The van der Waals surface area contributed by atoms with E-state index in [4.69, 9.17) is 11.6 Å². The third-order valence-corrected chi connectivity index (χ3v) is 6.37. The molecular weight excluding hydrogens is 392 g/mol. The number of halogens is 1. The molecule has 1 aliphatic rings. The van der Waals surface area contributed by atoms with E-state index in [9.17, 15) is 0 Å². The lowest BCUT2D eigenvalue weighted by molar-refractivity contribution is 0.589. The Balaban J connectivity index is 1.71. The molecule has 0 bridgehead atoms. The minimum atomic E-state index is 0.734. The number of piperazine rings is 1. The first-order valence-corrected chi connectivity index (χ1v) is 10.8. The van der Waals surface area contributed by atoms with Crippen LogP contribution in [0.25, 0.3) is 33.4 Å². The summed E-state index contributed by atoms with van der Waals surface area (Å²) in [5, 5.41) is 5.16. The number of hydrogen-bond donors (Lipinski definition) is 1. The molecule has 5 rings (SSSR count). The number of fused-ring (bicyclic) bond motifs is 1. The van der Waals surface area contributed by atoms with E-state index in [1.54, 1.807) is 6.20 Å². The summed E-state index contributed by atoms with van der Waals surface area (Å²) < 4.78 is 2.17. The zero-order valence-corrected chi connectivity index (χ0v) is 18.1. The van der Waals surface area contributed by atoms with E-state index in [-0.39, 0.29) is 0 Å². The van der Waals surface area contributed by atoms with Crippen molar-refractivity contribution in [1.82, 2.24) is 14.9 Å². The van der Waals surface area contributed by atoms with Crippen molar-refractivity contribution in [1.29, 1.82) is 0 Å². The van der Waals surface area contributed by atoms with Gasteiger partial charge in [0, 0.05) is 56.1 Å². The average Bonchev–Trinajstić information content (AvgIpc) is 3.08. The molecule has 4 nitrogen and oxygen atoms in total. The van der Waals surface area contributed by atoms with Crippen LogP contribution in [0.5, 0.6) is 0 Å². The van der Waals surface area contributed by atoms with Crippen molar-refractivity contribution in [3.05, 3.63) is 71.4 Å². The molecule has 0 radical (unpaired) electrons. The van der Waals surface area contributed by atoms with Crippen molar-refractivity contribution in [2.75, 3.05) is 31.1 Å². The van der Waals surface area contributed by atoms with Crippen LogP contribution in [0.15, 0.2) is 60.8 Å². The van der Waals surface area contributed by atoms with Gasteiger partial charge in [0.15, 0.2) is 0 Å². The second kappa shape index (κ2) is 7.78. The maximum Gasteiger partial charge on any atom is 0.142 e. The highest BCUT2D eigenvalue weighted by Gasteiger charge is 2.22. The Bertz CT molecular complexity index is 1200. The van der Waals surface area contributed by atoms with Crippen molar-refractivity contribution in [2.24, 2.45) is 7.05 Å². The van der Waals surface area contributed by atoms with E-state index in [1.165, 1.54) is 22.4 Å². The Morgan fingerprint density at radius 1 is 0.967 bits per heavy atom. The molecule has 2 aromatic carbocycles. The van der Waals surface area contributed by atoms with Gasteiger partial charge in [0.1, 0.15) is 5.65 Å². The number of nitrogens with one attached hydrogen (secondary N) is 1. The lowest BCUT2D eigenvalue weighted by Gasteiger charge is -2.29. The van der Waals surface area contributed by atoms with Gasteiger partial charge in [-0.15, -0.1) is 0 Å². The molecule has 2 aromatic heterocycles. The van der Waals surface area contributed by atoms with Crippen LogP contribution >= 0.6 is 11.6 Å². The standard InChI is InChI=1S/C25H25ClN4/c1-17-5-3-4-6-20(17)22-23-21(26)11-12-28-25(23)29(2)24(22)18-7-9-19(10-8-18)30-15-13-27-14-16-30/h3-12,27H,13-16H2,1-2H3. The number of aromatic nitrogens is 2. The number of nitrogens with zero attached hydrogens (tertiary/aromatic N) is 3. The maximum absolute atomic E-state index is 6.70. The Kier molecular flexibility index (Phi) is 4.97. The molecule has 0 aliphatic carbocycles. The summed E-state index contributed by atoms with van der Waals surface area (Å²) in [6.45, 7) is 6.30. The zero-order chi connectivity index (χ0) is 20.7. The summed E-state index contributed by atoms with van der Waals surface area (Å²) in [6.07, 6.45) is 1.78. The predicted molar refractivity (Wildman–Crippen MR) is 126 cm³/mol. The molecule has 0 atom stereocenters. The van der Waals surface area contributed by atoms with Gasteiger partial charge in [-0.05, 0) is 41.8 Å². The molecule has 0 spiro atoms. The monoisotopic (exact) mass is 416 g/mol. The summed E-state index contributed by atoms with van der Waals surface area (Å²) >= 11 is 6.70. The summed E-state index contributed by atoms with van der Waals surface area (Å²) in [5.41, 5.74) is 8.06. The van der Waals surface area contributed by atoms with Crippen molar-refractivity contribution >= 4 is 28.3 Å². The van der Waals surface area contributed by atoms with Crippen LogP contribution in [0.4, 0.5) is 5.69 Å². The van der Waals surface area contributed by atoms with Gasteiger partial charge < -0.3 is 14.8 Å². The summed E-state index contributed by atoms with van der Waals surface area (Å²) in [4.78, 5) is 7.09. The minimum absolute atomic E-state index is 0.734. The predicted octanol–water partition coefficient (Wildman–Crippen LogP) is 5.28. The second-order valence-electron chi connectivity index (χ2n) is 7.87. The van der Waals surface area contributed by atoms with Gasteiger partial charge in [-0.2, -0.15) is 0 Å². The third-order valence-electron chi connectivity index (χ3n) is 6.06. The van der Waals surface area contributed by atoms with Crippen LogP contribution < -0.4 is 10.2 Å². The quantitative estimate of drug-likeness (QED) is 0.493. The molecule has 1 saturated heterocycles. The second-order valence-corrected chi connectivity index (χ2v) is 8.28. The SMILES string of the molecule is Cc1ccccc1-c1c(-c2ccc(N3CCNCC3)cc2)n(C)c2nccc(Cl)c12. The lowest BCUT2D eigenvalue weighted by atomic mass is 9.95. The van der Waals surface area contributed by atoms with E-state index in [0.717, 1.165) is 53.5 Å². The Morgan fingerprint density at radius 3 is 2.43 bits per heavy atom. The van der Waals surface area contributed by atoms with Crippen molar-refractivity contribution < 1.29 is 0 Å². The molecule has 1 aliphatic heterocycles. The fourth-order valence-corrected chi connectivity index (χ4v) is 4.75. The summed E-state index contributed by atoms with van der Waals surface area (Å²) in [5.74, 6) is 0. The van der Waals surface area contributed by atoms with E-state index < -0.39 is 0 Å². The van der Waals surface area contributed by atoms with Crippen LogP contribution in [-0.4, -0.2) is 35.7 Å². The van der Waals surface area contributed by atoms with Gasteiger partial charge in [0.05, 0.1) is 10.7 Å². The minimum Gasteiger partial charge on any atom is -0.369 e. The molecule has 1 fully saturated rings. The molecule has 0 saturated carbocycles. The first-order chi connectivity index (χ1) is 14.6. The average molecular weight is 417 g/mol. The van der Waals surface area contributed by atoms with Crippen LogP contribution in [0.2, 0.25) is 5.02 Å². The van der Waals surface area contributed by atoms with Crippen LogP contribution in [0.1, 0.15) is 5.56 Å². The number of benzene rings is 2. The Labute approximate surface area is 182 Å². The molecule has 0 unspecified atom stereocenters. The van der Waals surface area contributed by atoms with E-state index in [2.05, 4.69) is 82.3 Å². The van der Waals surface area contributed by atoms with Gasteiger partial charge in [-0.25, -0.2) is 4.98 Å². The van der Waals surface area contributed by atoms with E-state index >= 15 is 0 Å². The molecule has 30 heavy (non-hydrogen) atoms. The topological polar surface area (TPSA) is 33.1 Å². The first kappa shape index (κ1) is 19.2. The number of hydrogen-bond acceptors (Lipinski definition) is 3. The molecular formula is C25H25ClN4. The normalized spacial score (nSPS) is 14.4. The van der Waals surface area contributed by atoms with Gasteiger partial charge in [0.2, 0.25) is 0 Å². The lowest BCUT2D eigenvalue weighted by Crippen LogP contribution is -2.43. The zero-order valence-electron chi connectivity index (χ0n) is 17.3. The smallest absolute Gasteiger partial charge is 0.142 e. The summed E-state index contributed by atoms with van der Waals surface area (Å²) in [6, 6.07) is 19.3. The van der Waals surface area contributed by atoms with Gasteiger partial charge in [0.25, 0.3) is 0 Å². The largest absolute Gasteiger partial charge is 0.369 e. The van der Waals surface area contributed by atoms with Crippen LogP contribution in [0, 0.1) is 6.92 Å². The molecule has 1 N–H and O–H groups in total. The molecule has 3 heterocycles. The van der Waals surface area contributed by atoms with Crippen molar-refractivity contribution in [3.63, 3.8) is 0 Å². The fraction of sp³-hybridized carbons (Fsp3) is 0.240. The van der Waals surface area contributed by atoms with E-state index in [0.29, 0.717) is 0 Å². The van der Waals surface area contributed by atoms with Gasteiger partial charge >= 0.3 is 0 Å². The number of aryl methyl sites for hydroxylation is 2. The highest BCUT2D eigenvalue weighted by molar-refractivity contribution is 6.37. The van der Waals surface area contributed by atoms with E-state index in [1.807, 2.05) is 6.07 Å².